The average Bonchev–Trinajstić information content (AvgIpc) is 2.90. The highest BCUT2D eigenvalue weighted by molar-refractivity contribution is 5.41. The van der Waals surface area contributed by atoms with E-state index in [0.717, 1.165) is 31.9 Å². The van der Waals surface area contributed by atoms with Gasteiger partial charge in [-0.15, -0.1) is 0 Å². The van der Waals surface area contributed by atoms with Crippen LogP contribution in [0.25, 0.3) is 0 Å². The number of nitrogens with two attached hydrogens (primary N) is 1. The number of methoxy groups -OCH3 is 1. The second kappa shape index (κ2) is 7.07. The molecule has 0 bridgehead atoms. The van der Waals surface area contributed by atoms with Gasteiger partial charge in [0.15, 0.2) is 0 Å². The van der Waals surface area contributed by atoms with Crippen molar-refractivity contribution in [2.45, 2.75) is 32.4 Å². The summed E-state index contributed by atoms with van der Waals surface area (Å²) in [6.07, 6.45) is 1.00. The number of hydrogen-bond donors (Lipinski definition) is 1. The Morgan fingerprint density at radius 1 is 1.40 bits per heavy atom. The number of rotatable bonds is 7. The first-order valence-electron chi connectivity index (χ1n) is 7.37. The lowest BCUT2D eigenvalue weighted by molar-refractivity contribution is 0.0979. The third-order valence-corrected chi connectivity index (χ3v) is 3.94. The maximum absolute atomic E-state index is 6.05. The van der Waals surface area contributed by atoms with Crippen LogP contribution in [0.1, 0.15) is 31.0 Å². The van der Waals surface area contributed by atoms with E-state index in [4.69, 9.17) is 15.2 Å². The highest BCUT2D eigenvalue weighted by Crippen LogP contribution is 2.30. The van der Waals surface area contributed by atoms with E-state index in [1.54, 1.807) is 7.11 Å². The normalized spacial score (nSPS) is 15.5. The summed E-state index contributed by atoms with van der Waals surface area (Å²) in [5.41, 5.74) is 8.63. The molecule has 1 atom stereocenters. The maximum Gasteiger partial charge on any atom is 0.122 e. The van der Waals surface area contributed by atoms with E-state index in [1.165, 1.54) is 11.1 Å². The SMILES string of the molecule is COCCN(C(C)C)C(CN)c1ccc2c(c1)CCO2. The molecule has 2 rings (SSSR count). The van der Waals surface area contributed by atoms with Crippen LogP contribution in [0.4, 0.5) is 0 Å². The van der Waals surface area contributed by atoms with Gasteiger partial charge < -0.3 is 15.2 Å². The molecule has 4 nitrogen and oxygen atoms in total. The van der Waals surface area contributed by atoms with Crippen molar-refractivity contribution in [3.8, 4) is 5.75 Å². The van der Waals surface area contributed by atoms with Gasteiger partial charge in [0, 0.05) is 38.7 Å². The molecule has 2 N–H and O–H groups in total. The zero-order chi connectivity index (χ0) is 14.5. The zero-order valence-electron chi connectivity index (χ0n) is 12.8. The molecule has 1 aliphatic rings. The van der Waals surface area contributed by atoms with Gasteiger partial charge in [0.2, 0.25) is 0 Å². The Bertz CT molecular complexity index is 434. The first-order chi connectivity index (χ1) is 9.67. The van der Waals surface area contributed by atoms with Gasteiger partial charge in [-0.1, -0.05) is 12.1 Å². The van der Waals surface area contributed by atoms with Crippen molar-refractivity contribution in [1.29, 1.82) is 0 Å². The van der Waals surface area contributed by atoms with Crippen LogP contribution in [0.3, 0.4) is 0 Å². The van der Waals surface area contributed by atoms with Crippen LogP contribution in [0.5, 0.6) is 5.75 Å². The average molecular weight is 278 g/mol. The summed E-state index contributed by atoms with van der Waals surface area (Å²) in [6.45, 7) is 7.43. The number of hydrogen-bond acceptors (Lipinski definition) is 4. The lowest BCUT2D eigenvalue weighted by atomic mass is 10.00. The fourth-order valence-electron chi connectivity index (χ4n) is 2.85. The maximum atomic E-state index is 6.05. The third-order valence-electron chi connectivity index (χ3n) is 3.94. The highest BCUT2D eigenvalue weighted by Gasteiger charge is 2.23. The van der Waals surface area contributed by atoms with Crippen molar-refractivity contribution in [3.63, 3.8) is 0 Å². The van der Waals surface area contributed by atoms with Crippen molar-refractivity contribution < 1.29 is 9.47 Å². The molecule has 0 spiro atoms. The van der Waals surface area contributed by atoms with Gasteiger partial charge in [-0.2, -0.15) is 0 Å². The summed E-state index contributed by atoms with van der Waals surface area (Å²) < 4.78 is 10.8. The Morgan fingerprint density at radius 2 is 2.20 bits per heavy atom. The van der Waals surface area contributed by atoms with E-state index in [0.29, 0.717) is 12.6 Å². The molecule has 0 aromatic heterocycles. The monoisotopic (exact) mass is 278 g/mol. The molecular formula is C16H26N2O2. The van der Waals surface area contributed by atoms with Crippen molar-refractivity contribution in [3.05, 3.63) is 29.3 Å². The van der Waals surface area contributed by atoms with Gasteiger partial charge in [-0.3, -0.25) is 4.90 Å². The quantitative estimate of drug-likeness (QED) is 0.828. The van der Waals surface area contributed by atoms with Crippen molar-refractivity contribution in [1.82, 2.24) is 4.90 Å². The van der Waals surface area contributed by atoms with Crippen LogP contribution in [0.15, 0.2) is 18.2 Å². The van der Waals surface area contributed by atoms with Gasteiger partial charge in [-0.05, 0) is 31.0 Å². The Kier molecular flexibility index (Phi) is 5.40. The van der Waals surface area contributed by atoms with Crippen LogP contribution in [-0.4, -0.2) is 44.4 Å². The molecule has 0 fully saturated rings. The summed E-state index contributed by atoms with van der Waals surface area (Å²) in [7, 11) is 1.74. The Morgan fingerprint density at radius 3 is 2.85 bits per heavy atom. The molecule has 0 saturated carbocycles. The summed E-state index contributed by atoms with van der Waals surface area (Å²) in [4.78, 5) is 2.40. The number of nitrogens with zero attached hydrogens (tertiary/aromatic N) is 1. The second-order valence-electron chi connectivity index (χ2n) is 5.54. The van der Waals surface area contributed by atoms with Gasteiger partial charge in [0.1, 0.15) is 5.75 Å². The fraction of sp³-hybridized carbons (Fsp3) is 0.625. The van der Waals surface area contributed by atoms with E-state index in [2.05, 4.69) is 36.9 Å². The summed E-state index contributed by atoms with van der Waals surface area (Å²) in [5, 5.41) is 0. The topological polar surface area (TPSA) is 47.7 Å². The van der Waals surface area contributed by atoms with Crippen molar-refractivity contribution >= 4 is 0 Å². The number of ether oxygens (including phenoxy) is 2. The Balaban J connectivity index is 2.20. The Hall–Kier alpha value is -1.10. The molecule has 0 aliphatic carbocycles. The van der Waals surface area contributed by atoms with Crippen LogP contribution < -0.4 is 10.5 Å². The van der Waals surface area contributed by atoms with Crippen molar-refractivity contribution in [2.24, 2.45) is 5.73 Å². The second-order valence-corrected chi connectivity index (χ2v) is 5.54. The molecular weight excluding hydrogens is 252 g/mol. The van der Waals surface area contributed by atoms with E-state index in [9.17, 15) is 0 Å². The standard InChI is InChI=1S/C16H26N2O2/c1-12(2)18(7-9-19-3)15(11-17)13-4-5-16-14(10-13)6-8-20-16/h4-5,10,12,15H,6-9,11,17H2,1-3H3. The Labute approximate surface area is 121 Å². The fourth-order valence-corrected chi connectivity index (χ4v) is 2.85. The molecule has 0 saturated heterocycles. The summed E-state index contributed by atoms with van der Waals surface area (Å²) >= 11 is 0. The van der Waals surface area contributed by atoms with E-state index >= 15 is 0 Å². The van der Waals surface area contributed by atoms with Crippen LogP contribution >= 0.6 is 0 Å². The molecule has 4 heteroatoms. The molecule has 1 aliphatic heterocycles. The largest absolute Gasteiger partial charge is 0.493 e. The lowest BCUT2D eigenvalue weighted by Gasteiger charge is -2.34. The minimum atomic E-state index is 0.232. The molecule has 0 radical (unpaired) electrons. The van der Waals surface area contributed by atoms with Crippen LogP contribution in [-0.2, 0) is 11.2 Å². The number of fused-ring (bicyclic) bond motifs is 1. The number of benzene rings is 1. The van der Waals surface area contributed by atoms with E-state index in [-0.39, 0.29) is 6.04 Å². The zero-order valence-corrected chi connectivity index (χ0v) is 12.8. The minimum absolute atomic E-state index is 0.232. The van der Waals surface area contributed by atoms with Gasteiger partial charge in [0.05, 0.1) is 13.2 Å². The molecule has 1 aromatic carbocycles. The van der Waals surface area contributed by atoms with Gasteiger partial charge >= 0.3 is 0 Å². The third kappa shape index (κ3) is 3.32. The summed E-state index contributed by atoms with van der Waals surface area (Å²) in [6, 6.07) is 7.14. The highest BCUT2D eigenvalue weighted by atomic mass is 16.5. The van der Waals surface area contributed by atoms with Crippen LogP contribution in [0, 0.1) is 0 Å². The molecule has 1 aromatic rings. The first-order valence-corrected chi connectivity index (χ1v) is 7.37. The van der Waals surface area contributed by atoms with Crippen LogP contribution in [0.2, 0.25) is 0 Å². The lowest BCUT2D eigenvalue weighted by Crippen LogP contribution is -2.40. The summed E-state index contributed by atoms with van der Waals surface area (Å²) in [5.74, 6) is 1.03. The molecule has 0 amide bonds. The van der Waals surface area contributed by atoms with E-state index in [1.807, 2.05) is 0 Å². The molecule has 1 unspecified atom stereocenters. The van der Waals surface area contributed by atoms with Gasteiger partial charge in [-0.25, -0.2) is 0 Å². The van der Waals surface area contributed by atoms with Gasteiger partial charge in [0.25, 0.3) is 0 Å². The minimum Gasteiger partial charge on any atom is -0.493 e. The smallest absolute Gasteiger partial charge is 0.122 e. The predicted octanol–water partition coefficient (Wildman–Crippen LogP) is 1.98. The predicted molar refractivity (Wildman–Crippen MR) is 81.2 cm³/mol. The molecule has 112 valence electrons. The van der Waals surface area contributed by atoms with Crippen molar-refractivity contribution in [2.75, 3.05) is 33.4 Å². The molecule has 1 heterocycles. The first kappa shape index (κ1) is 15.3. The van der Waals surface area contributed by atoms with E-state index < -0.39 is 0 Å². The molecule has 20 heavy (non-hydrogen) atoms.